The lowest BCUT2D eigenvalue weighted by atomic mass is 9.60. The molecule has 0 saturated heterocycles. The Morgan fingerprint density at radius 1 is 1.25 bits per heavy atom. The number of aliphatic hydroxyl groups is 1. The quantitative estimate of drug-likeness (QED) is 0.262. The molecule has 0 aromatic heterocycles. The van der Waals surface area contributed by atoms with Gasteiger partial charge in [0, 0.05) is 24.9 Å². The molecule has 0 bridgehead atoms. The van der Waals surface area contributed by atoms with Gasteiger partial charge in [-0.1, -0.05) is 39.8 Å². The third-order valence-electron chi connectivity index (χ3n) is 7.95. The first-order valence-electron chi connectivity index (χ1n) is 11.0. The minimum atomic E-state index is -1.67. The van der Waals surface area contributed by atoms with Crippen LogP contribution in [0.2, 0.25) is 18.1 Å². The smallest absolute Gasteiger partial charge is 0.302 e. The van der Waals surface area contributed by atoms with Gasteiger partial charge in [-0.05, 0) is 62.6 Å². The van der Waals surface area contributed by atoms with Crippen molar-refractivity contribution in [2.45, 2.75) is 96.9 Å². The Morgan fingerprint density at radius 3 is 2.54 bits per heavy atom. The molecule has 4 atom stereocenters. The number of esters is 1. The van der Waals surface area contributed by atoms with E-state index in [1.807, 2.05) is 0 Å². The van der Waals surface area contributed by atoms with Crippen molar-refractivity contribution >= 4 is 14.3 Å². The van der Waals surface area contributed by atoms with E-state index in [9.17, 15) is 9.90 Å². The topological polar surface area (TPSA) is 55.8 Å². The maximum absolute atomic E-state index is 11.4. The summed E-state index contributed by atoms with van der Waals surface area (Å²) in [6.45, 7) is 16.3. The summed E-state index contributed by atoms with van der Waals surface area (Å²) >= 11 is 0. The van der Waals surface area contributed by atoms with Crippen LogP contribution in [0.25, 0.3) is 0 Å². The molecule has 0 radical (unpaired) electrons. The lowest BCUT2D eigenvalue weighted by Crippen LogP contribution is -2.50. The molecule has 0 amide bonds. The highest BCUT2D eigenvalue weighted by Crippen LogP contribution is 2.59. The van der Waals surface area contributed by atoms with Gasteiger partial charge < -0.3 is 14.3 Å². The highest BCUT2D eigenvalue weighted by atomic mass is 28.4. The molecule has 0 aliphatic heterocycles. The number of carbonyl (C=O) groups excluding carboxylic acids is 1. The van der Waals surface area contributed by atoms with E-state index in [0.29, 0.717) is 12.5 Å². The van der Waals surface area contributed by atoms with E-state index >= 15 is 0 Å². The Kier molecular flexibility index (Phi) is 7.26. The Hall–Kier alpha value is -0.653. The van der Waals surface area contributed by atoms with Crippen molar-refractivity contribution < 1.29 is 19.1 Å². The molecule has 5 heteroatoms. The molecule has 2 fully saturated rings. The Balaban J connectivity index is 1.85. The number of rotatable bonds is 7. The molecule has 162 valence electrons. The van der Waals surface area contributed by atoms with Gasteiger partial charge in [0.2, 0.25) is 0 Å². The summed E-state index contributed by atoms with van der Waals surface area (Å²) in [5.41, 5.74) is -0.777. The summed E-state index contributed by atoms with van der Waals surface area (Å²) < 4.78 is 11.5. The van der Waals surface area contributed by atoms with Gasteiger partial charge in [-0.25, -0.2) is 0 Å². The molecular weight excluding hydrogens is 368 g/mol. The molecule has 0 heterocycles. The second-order valence-electron chi connectivity index (χ2n) is 10.8. The zero-order valence-electron chi connectivity index (χ0n) is 19.1. The maximum atomic E-state index is 11.4. The number of hydrogen-bond donors (Lipinski definition) is 1. The van der Waals surface area contributed by atoms with Crippen LogP contribution in [-0.2, 0) is 14.0 Å². The van der Waals surface area contributed by atoms with Crippen LogP contribution in [-0.4, -0.2) is 38.2 Å². The number of allylic oxidation sites excluding steroid dienone is 1. The zero-order chi connectivity index (χ0) is 21.2. The van der Waals surface area contributed by atoms with Crippen molar-refractivity contribution in [1.29, 1.82) is 0 Å². The first-order valence-corrected chi connectivity index (χ1v) is 13.9. The Morgan fingerprint density at radius 2 is 1.93 bits per heavy atom. The summed E-state index contributed by atoms with van der Waals surface area (Å²) in [6, 6.07) is 0. The first-order chi connectivity index (χ1) is 12.8. The van der Waals surface area contributed by atoms with E-state index in [2.05, 4.69) is 52.9 Å². The summed E-state index contributed by atoms with van der Waals surface area (Å²) in [5, 5.41) is 11.6. The van der Waals surface area contributed by atoms with Crippen molar-refractivity contribution in [3.63, 3.8) is 0 Å². The number of fused-ring (bicyclic) bond motifs is 1. The number of carbonyl (C=O) groups is 1. The number of ether oxygens (including phenoxy) is 1. The van der Waals surface area contributed by atoms with E-state index in [1.165, 1.54) is 6.92 Å². The van der Waals surface area contributed by atoms with E-state index < -0.39 is 13.9 Å². The lowest BCUT2D eigenvalue weighted by molar-refractivity contribution is -0.148. The average molecular weight is 411 g/mol. The molecule has 2 saturated carbocycles. The average Bonchev–Trinajstić information content (AvgIpc) is 2.82. The second kappa shape index (κ2) is 8.61. The van der Waals surface area contributed by atoms with Crippen LogP contribution in [0.3, 0.4) is 0 Å². The van der Waals surface area contributed by atoms with Crippen molar-refractivity contribution in [3.8, 4) is 0 Å². The van der Waals surface area contributed by atoms with Gasteiger partial charge in [-0.3, -0.25) is 4.79 Å². The Bertz CT molecular complexity index is 580. The van der Waals surface area contributed by atoms with Crippen LogP contribution in [0.1, 0.15) is 73.1 Å². The van der Waals surface area contributed by atoms with Gasteiger partial charge in [0.05, 0.1) is 12.2 Å². The van der Waals surface area contributed by atoms with Crippen LogP contribution < -0.4 is 0 Å². The van der Waals surface area contributed by atoms with Gasteiger partial charge in [-0.2, -0.15) is 0 Å². The minimum Gasteiger partial charge on any atom is -0.466 e. The SMILES string of the molecule is CC(=O)OC[C@H]1CC[C@]2(O)C[C@@H](/C=C/CCO[Si](C)(C)C(C)(C)C)CC[C@]12C. The molecule has 0 aromatic rings. The molecular formula is C23H42O4Si. The fraction of sp³-hybridized carbons (Fsp3) is 0.870. The van der Waals surface area contributed by atoms with Crippen molar-refractivity contribution in [1.82, 2.24) is 0 Å². The first kappa shape index (κ1) is 23.6. The van der Waals surface area contributed by atoms with E-state index in [0.717, 1.165) is 45.1 Å². The zero-order valence-corrected chi connectivity index (χ0v) is 20.1. The summed E-state index contributed by atoms with van der Waals surface area (Å²) in [6.07, 6.45) is 10.1. The van der Waals surface area contributed by atoms with Gasteiger partial charge >= 0.3 is 5.97 Å². The van der Waals surface area contributed by atoms with Crippen molar-refractivity contribution in [2.75, 3.05) is 13.2 Å². The highest BCUT2D eigenvalue weighted by Gasteiger charge is 2.58. The van der Waals surface area contributed by atoms with Gasteiger partial charge in [0.15, 0.2) is 8.32 Å². The van der Waals surface area contributed by atoms with Crippen LogP contribution in [0.15, 0.2) is 12.2 Å². The molecule has 2 aliphatic rings. The molecule has 4 nitrogen and oxygen atoms in total. The largest absolute Gasteiger partial charge is 0.466 e. The van der Waals surface area contributed by atoms with Crippen LogP contribution in [0.4, 0.5) is 0 Å². The normalized spacial score (nSPS) is 33.9. The molecule has 28 heavy (non-hydrogen) atoms. The minimum absolute atomic E-state index is 0.141. The summed E-state index contributed by atoms with van der Waals surface area (Å²) in [4.78, 5) is 11.2. The van der Waals surface area contributed by atoms with Crippen molar-refractivity contribution in [2.24, 2.45) is 17.3 Å². The fourth-order valence-electron chi connectivity index (χ4n) is 4.73. The Labute approximate surface area is 173 Å². The monoisotopic (exact) mass is 410 g/mol. The van der Waals surface area contributed by atoms with Crippen LogP contribution >= 0.6 is 0 Å². The van der Waals surface area contributed by atoms with Gasteiger partial charge in [0.25, 0.3) is 0 Å². The second-order valence-corrected chi connectivity index (χ2v) is 15.6. The predicted octanol–water partition coefficient (Wildman–Crippen LogP) is 5.47. The highest BCUT2D eigenvalue weighted by molar-refractivity contribution is 6.74. The lowest BCUT2D eigenvalue weighted by Gasteiger charge is -2.48. The molecule has 1 N–H and O–H groups in total. The van der Waals surface area contributed by atoms with Crippen molar-refractivity contribution in [3.05, 3.63) is 12.2 Å². The number of hydrogen-bond acceptors (Lipinski definition) is 4. The van der Waals surface area contributed by atoms with E-state index in [-0.39, 0.29) is 22.3 Å². The molecule has 2 aliphatic carbocycles. The third kappa shape index (κ3) is 5.09. The van der Waals surface area contributed by atoms with Crippen LogP contribution in [0, 0.1) is 17.3 Å². The van der Waals surface area contributed by atoms with E-state index in [1.54, 1.807) is 0 Å². The fourth-order valence-corrected chi connectivity index (χ4v) is 5.79. The van der Waals surface area contributed by atoms with Crippen LogP contribution in [0.5, 0.6) is 0 Å². The molecule has 0 aromatic carbocycles. The predicted molar refractivity (Wildman–Crippen MR) is 117 cm³/mol. The summed E-state index contributed by atoms with van der Waals surface area (Å²) in [7, 11) is -1.67. The van der Waals surface area contributed by atoms with Gasteiger partial charge in [0.1, 0.15) is 0 Å². The molecule has 2 rings (SSSR count). The standard InChI is InChI=1S/C23H42O4Si/c1-18(24)26-17-20-12-14-23(25)16-19(11-13-22(20,23)5)10-8-9-15-27-28(6,7)21(2,3)4/h8,10,19-20,25H,9,11-17H2,1-7H3/b10-8+/t19-,20+,22+,23-/m0/s1. The molecule has 0 spiro atoms. The van der Waals surface area contributed by atoms with E-state index in [4.69, 9.17) is 9.16 Å². The molecule has 0 unspecified atom stereocenters. The summed E-state index contributed by atoms with van der Waals surface area (Å²) in [5.74, 6) is 0.471. The van der Waals surface area contributed by atoms with Gasteiger partial charge in [-0.15, -0.1) is 0 Å². The third-order valence-corrected chi connectivity index (χ3v) is 12.5. The maximum Gasteiger partial charge on any atom is 0.302 e.